The molecule has 2 aromatic rings. The maximum atomic E-state index is 9.99. The van der Waals surface area contributed by atoms with Crippen molar-refractivity contribution in [2.45, 2.75) is 25.7 Å². The van der Waals surface area contributed by atoms with Gasteiger partial charge in [0.2, 0.25) is 0 Å². The van der Waals surface area contributed by atoms with E-state index in [9.17, 15) is 5.11 Å². The molecule has 0 aliphatic rings. The second kappa shape index (κ2) is 8.91. The average Bonchev–Trinajstić information content (AvgIpc) is 2.55. The Bertz CT molecular complexity index is 545. The van der Waals surface area contributed by atoms with Gasteiger partial charge >= 0.3 is 0 Å². The van der Waals surface area contributed by atoms with Crippen LogP contribution in [-0.4, -0.2) is 24.4 Å². The maximum absolute atomic E-state index is 9.99. The molecule has 0 unspecified atom stereocenters. The standard InChI is InChI=1S/C18H22ClNO2/c1-14(16-5-3-2-4-6-16)20-11-18(21)13-22-12-15-7-9-17(19)10-8-15/h2-10,14,18,20-21H,11-13H2,1H3/p+1/t14-,18+/m1/s1. The number of quaternary nitrogens is 1. The van der Waals surface area contributed by atoms with Crippen molar-refractivity contribution in [3.05, 3.63) is 70.7 Å². The van der Waals surface area contributed by atoms with Gasteiger partial charge < -0.3 is 15.2 Å². The summed E-state index contributed by atoms with van der Waals surface area (Å²) in [6.07, 6.45) is -0.474. The van der Waals surface area contributed by atoms with E-state index in [-0.39, 0.29) is 0 Å². The molecule has 2 atom stereocenters. The number of hydrogen-bond acceptors (Lipinski definition) is 2. The molecule has 3 nitrogen and oxygen atoms in total. The summed E-state index contributed by atoms with van der Waals surface area (Å²) < 4.78 is 5.55. The normalized spacial score (nSPS) is 13.8. The molecule has 22 heavy (non-hydrogen) atoms. The molecule has 0 saturated carbocycles. The Hall–Kier alpha value is -1.39. The molecule has 0 bridgehead atoms. The molecule has 0 aromatic heterocycles. The highest BCUT2D eigenvalue weighted by atomic mass is 35.5. The highest BCUT2D eigenvalue weighted by Gasteiger charge is 2.12. The summed E-state index contributed by atoms with van der Waals surface area (Å²) in [5.74, 6) is 0. The van der Waals surface area contributed by atoms with Crippen molar-refractivity contribution in [1.82, 2.24) is 0 Å². The summed E-state index contributed by atoms with van der Waals surface area (Å²) in [4.78, 5) is 0. The highest BCUT2D eigenvalue weighted by molar-refractivity contribution is 6.30. The van der Waals surface area contributed by atoms with Crippen molar-refractivity contribution in [3.8, 4) is 0 Å². The molecular weight excluding hydrogens is 298 g/mol. The van der Waals surface area contributed by atoms with Crippen LogP contribution in [0, 0.1) is 0 Å². The second-order valence-corrected chi connectivity index (χ2v) is 5.90. The number of aliphatic hydroxyl groups excluding tert-OH is 1. The van der Waals surface area contributed by atoms with Crippen LogP contribution >= 0.6 is 11.6 Å². The topological polar surface area (TPSA) is 46.1 Å². The van der Waals surface area contributed by atoms with E-state index in [1.54, 1.807) is 0 Å². The zero-order valence-corrected chi connectivity index (χ0v) is 13.5. The Kier molecular flexibility index (Phi) is 6.87. The molecule has 118 valence electrons. The lowest BCUT2D eigenvalue weighted by atomic mass is 10.1. The highest BCUT2D eigenvalue weighted by Crippen LogP contribution is 2.10. The summed E-state index contributed by atoms with van der Waals surface area (Å²) >= 11 is 5.83. The minimum Gasteiger partial charge on any atom is -0.385 e. The second-order valence-electron chi connectivity index (χ2n) is 5.47. The Morgan fingerprint density at radius 1 is 1.09 bits per heavy atom. The molecule has 4 heteroatoms. The van der Waals surface area contributed by atoms with Crippen LogP contribution in [0.1, 0.15) is 24.1 Å². The van der Waals surface area contributed by atoms with Gasteiger partial charge in [-0.1, -0.05) is 54.1 Å². The SMILES string of the molecule is C[C@@H]([NH2+]C[C@H](O)COCc1ccc(Cl)cc1)c1ccccc1. The van der Waals surface area contributed by atoms with Crippen LogP contribution in [0.4, 0.5) is 0 Å². The molecule has 0 aliphatic heterocycles. The molecule has 0 fully saturated rings. The minimum atomic E-state index is -0.474. The zero-order valence-electron chi connectivity index (χ0n) is 12.8. The number of nitrogens with two attached hydrogens (primary N) is 1. The van der Waals surface area contributed by atoms with Gasteiger partial charge in [-0.05, 0) is 24.6 Å². The van der Waals surface area contributed by atoms with Crippen LogP contribution in [0.2, 0.25) is 5.02 Å². The first kappa shape index (κ1) is 17.0. The van der Waals surface area contributed by atoms with Crippen LogP contribution in [0.15, 0.2) is 54.6 Å². The Labute approximate surface area is 136 Å². The van der Waals surface area contributed by atoms with Gasteiger partial charge in [-0.15, -0.1) is 0 Å². The van der Waals surface area contributed by atoms with Gasteiger partial charge in [0, 0.05) is 10.6 Å². The Balaban J connectivity index is 1.65. The third-order valence-corrected chi connectivity index (χ3v) is 3.83. The lowest BCUT2D eigenvalue weighted by Crippen LogP contribution is -2.87. The van der Waals surface area contributed by atoms with Gasteiger partial charge in [-0.25, -0.2) is 0 Å². The van der Waals surface area contributed by atoms with E-state index in [1.165, 1.54) is 5.56 Å². The number of hydrogen-bond donors (Lipinski definition) is 2. The van der Waals surface area contributed by atoms with Crippen LogP contribution in [0.3, 0.4) is 0 Å². The van der Waals surface area contributed by atoms with Crippen molar-refractivity contribution >= 4 is 11.6 Å². The number of ether oxygens (including phenoxy) is 1. The van der Waals surface area contributed by atoms with E-state index in [0.29, 0.717) is 30.8 Å². The summed E-state index contributed by atoms with van der Waals surface area (Å²) in [6.45, 7) is 3.58. The smallest absolute Gasteiger partial charge is 0.126 e. The quantitative estimate of drug-likeness (QED) is 0.785. The van der Waals surface area contributed by atoms with Crippen LogP contribution < -0.4 is 5.32 Å². The fourth-order valence-electron chi connectivity index (χ4n) is 2.22. The van der Waals surface area contributed by atoms with Gasteiger partial charge in [0.05, 0.1) is 13.2 Å². The van der Waals surface area contributed by atoms with E-state index >= 15 is 0 Å². The first-order valence-corrected chi connectivity index (χ1v) is 7.91. The molecule has 2 rings (SSSR count). The average molecular weight is 321 g/mol. The summed E-state index contributed by atoms with van der Waals surface area (Å²) in [7, 11) is 0. The lowest BCUT2D eigenvalue weighted by Gasteiger charge is -2.15. The predicted molar refractivity (Wildman–Crippen MR) is 88.8 cm³/mol. The van der Waals surface area contributed by atoms with Crippen molar-refractivity contribution < 1.29 is 15.2 Å². The lowest BCUT2D eigenvalue weighted by molar-refractivity contribution is -0.698. The van der Waals surface area contributed by atoms with E-state index in [0.717, 1.165) is 5.56 Å². The van der Waals surface area contributed by atoms with Gasteiger partial charge in [0.15, 0.2) is 0 Å². The number of rotatable bonds is 8. The first-order valence-electron chi connectivity index (χ1n) is 7.53. The Morgan fingerprint density at radius 2 is 1.77 bits per heavy atom. The minimum absolute atomic E-state index is 0.326. The van der Waals surface area contributed by atoms with Gasteiger partial charge in [0.25, 0.3) is 0 Å². The number of halogens is 1. The Morgan fingerprint density at radius 3 is 2.45 bits per heavy atom. The van der Waals surface area contributed by atoms with Crippen molar-refractivity contribution in [1.29, 1.82) is 0 Å². The summed E-state index contributed by atoms with van der Waals surface area (Å²) in [6, 6.07) is 18.1. The van der Waals surface area contributed by atoms with E-state index in [4.69, 9.17) is 16.3 Å². The molecule has 2 aromatic carbocycles. The molecule has 0 aliphatic carbocycles. The molecular formula is C18H23ClNO2+. The monoisotopic (exact) mass is 320 g/mol. The maximum Gasteiger partial charge on any atom is 0.126 e. The fraction of sp³-hybridized carbons (Fsp3) is 0.333. The van der Waals surface area contributed by atoms with Crippen molar-refractivity contribution in [2.75, 3.05) is 13.2 Å². The van der Waals surface area contributed by atoms with Crippen molar-refractivity contribution in [3.63, 3.8) is 0 Å². The summed E-state index contributed by atoms with van der Waals surface area (Å²) in [5, 5.41) is 12.8. The molecule has 0 radical (unpaired) electrons. The van der Waals surface area contributed by atoms with Crippen molar-refractivity contribution in [2.24, 2.45) is 0 Å². The number of aliphatic hydroxyl groups is 1. The fourth-order valence-corrected chi connectivity index (χ4v) is 2.34. The number of benzene rings is 2. The molecule has 0 saturated heterocycles. The van der Waals surface area contributed by atoms with Gasteiger partial charge in [0.1, 0.15) is 18.7 Å². The summed E-state index contributed by atoms with van der Waals surface area (Å²) in [5.41, 5.74) is 2.31. The molecule has 0 heterocycles. The van der Waals surface area contributed by atoms with E-state index in [2.05, 4.69) is 24.4 Å². The van der Waals surface area contributed by atoms with Crippen LogP contribution in [-0.2, 0) is 11.3 Å². The van der Waals surface area contributed by atoms with Crippen LogP contribution in [0.25, 0.3) is 0 Å². The largest absolute Gasteiger partial charge is 0.385 e. The van der Waals surface area contributed by atoms with E-state index in [1.807, 2.05) is 42.5 Å². The predicted octanol–water partition coefficient (Wildman–Crippen LogP) is 2.54. The van der Waals surface area contributed by atoms with Gasteiger partial charge in [-0.3, -0.25) is 0 Å². The molecule has 0 spiro atoms. The molecule has 3 N–H and O–H groups in total. The van der Waals surface area contributed by atoms with Gasteiger partial charge in [-0.2, -0.15) is 0 Å². The third-order valence-electron chi connectivity index (χ3n) is 3.58. The first-order chi connectivity index (χ1) is 10.6. The molecule has 0 amide bonds. The van der Waals surface area contributed by atoms with Crippen LogP contribution in [0.5, 0.6) is 0 Å². The third kappa shape index (κ3) is 5.78. The zero-order chi connectivity index (χ0) is 15.8. The van der Waals surface area contributed by atoms with E-state index < -0.39 is 6.10 Å².